The number of aliphatic hydroxyl groups is 5. The monoisotopic (exact) mass is 808 g/mol. The molecule has 0 aromatic rings. The summed E-state index contributed by atoms with van der Waals surface area (Å²) in [6.07, 6.45) is 22.9. The van der Waals surface area contributed by atoms with E-state index in [1.54, 1.807) is 6.08 Å². The molecule has 0 spiro atoms. The van der Waals surface area contributed by atoms with Crippen molar-refractivity contribution in [2.45, 2.75) is 217 Å². The van der Waals surface area contributed by atoms with E-state index in [4.69, 9.17) is 14.0 Å². The van der Waals surface area contributed by atoms with Crippen LogP contribution in [-0.2, 0) is 28.9 Å². The van der Waals surface area contributed by atoms with Gasteiger partial charge in [-0.15, -0.1) is 0 Å². The Balaban J connectivity index is 2.59. The van der Waals surface area contributed by atoms with Crippen LogP contribution in [0.25, 0.3) is 0 Å². The third-order valence-corrected chi connectivity index (χ3v) is 10.5. The minimum absolute atomic E-state index is 0.229. The van der Waals surface area contributed by atoms with Crippen molar-refractivity contribution in [3.8, 4) is 0 Å². The number of hydrogen-bond acceptors (Lipinski definition) is 11. The number of amides is 1. The van der Waals surface area contributed by atoms with Crippen molar-refractivity contribution < 1.29 is 57.0 Å². The van der Waals surface area contributed by atoms with Gasteiger partial charge in [0, 0.05) is 0 Å². The largest absolute Gasteiger partial charge is 0.397 e. The van der Waals surface area contributed by atoms with Gasteiger partial charge in [0.2, 0.25) is 5.91 Å². The van der Waals surface area contributed by atoms with Crippen molar-refractivity contribution in [2.24, 2.45) is 0 Å². The van der Waals surface area contributed by atoms with Crippen LogP contribution in [0.4, 0.5) is 0 Å². The maximum Gasteiger partial charge on any atom is 0.397 e. The number of hydrogen-bond donors (Lipinski definition) is 7. The van der Waals surface area contributed by atoms with Crippen LogP contribution in [0.3, 0.4) is 0 Å². The molecule has 55 heavy (non-hydrogen) atoms. The number of carbonyl (C=O) groups excluding carboxylic acids is 1. The predicted octanol–water partition coefficient (Wildman–Crippen LogP) is 6.35. The second-order valence-electron chi connectivity index (χ2n) is 15.1. The SMILES string of the molecule is CCCCCCCCC/C=C/C(O)C(COC1OC(CO)C(O)C(OS(=O)(=O)O)C1O)NC(=O)C(O)CCCCCC/C=C\CCCCCCCCCCC. The van der Waals surface area contributed by atoms with Crippen molar-refractivity contribution in [1.29, 1.82) is 0 Å². The minimum atomic E-state index is -5.11. The molecule has 0 saturated carbocycles. The average Bonchev–Trinajstić information content (AvgIpc) is 3.15. The Morgan fingerprint density at radius 2 is 1.20 bits per heavy atom. The van der Waals surface area contributed by atoms with Crippen molar-refractivity contribution in [2.75, 3.05) is 13.2 Å². The maximum absolute atomic E-state index is 13.0. The topological polar surface area (TPSA) is 212 Å². The molecule has 1 aliphatic heterocycles. The summed E-state index contributed by atoms with van der Waals surface area (Å²) in [4.78, 5) is 13.0. The normalized spacial score (nSPS) is 22.4. The molecule has 1 saturated heterocycles. The molecule has 0 bridgehead atoms. The molecule has 8 atom stereocenters. The quantitative estimate of drug-likeness (QED) is 0.0212. The third kappa shape index (κ3) is 25.5. The zero-order valence-corrected chi connectivity index (χ0v) is 34.7. The lowest BCUT2D eigenvalue weighted by Gasteiger charge is -2.41. The van der Waals surface area contributed by atoms with Crippen LogP contribution < -0.4 is 5.32 Å². The molecular weight excluding hydrogens is 731 g/mol. The Morgan fingerprint density at radius 3 is 1.69 bits per heavy atom. The number of allylic oxidation sites excluding steroid dienone is 3. The van der Waals surface area contributed by atoms with Crippen molar-refractivity contribution in [3.63, 3.8) is 0 Å². The molecule has 0 radical (unpaired) electrons. The standard InChI is InChI=1S/C41H77NO12S/c1-3-5-7-9-11-13-14-15-16-17-18-19-20-22-24-26-28-30-35(45)40(48)42-33(34(44)29-27-25-23-21-12-10-8-6-4-2)32-52-41-38(47)39(54-55(49,50)51)37(46)36(31-43)53-41/h18-19,27,29,33-39,41,43-47H,3-17,20-26,28,30-32H2,1-2H3,(H,42,48)(H,49,50,51)/b19-18-,29-27+. The lowest BCUT2D eigenvalue weighted by molar-refractivity contribution is -0.298. The maximum atomic E-state index is 13.0. The molecule has 14 heteroatoms. The average molecular weight is 808 g/mol. The predicted molar refractivity (Wildman–Crippen MR) is 215 cm³/mol. The highest BCUT2D eigenvalue weighted by molar-refractivity contribution is 7.80. The zero-order valence-electron chi connectivity index (χ0n) is 33.9. The molecule has 7 N–H and O–H groups in total. The Hall–Kier alpha value is -1.46. The summed E-state index contributed by atoms with van der Waals surface area (Å²) in [7, 11) is -5.11. The van der Waals surface area contributed by atoms with Gasteiger partial charge >= 0.3 is 10.4 Å². The van der Waals surface area contributed by atoms with E-state index in [0.717, 1.165) is 51.4 Å². The highest BCUT2D eigenvalue weighted by atomic mass is 32.3. The van der Waals surface area contributed by atoms with Gasteiger partial charge in [-0.3, -0.25) is 9.35 Å². The van der Waals surface area contributed by atoms with Crippen LogP contribution in [0.15, 0.2) is 24.3 Å². The van der Waals surface area contributed by atoms with Crippen LogP contribution in [-0.4, -0.2) is 107 Å². The van der Waals surface area contributed by atoms with Crippen molar-refractivity contribution in [3.05, 3.63) is 24.3 Å². The molecule has 324 valence electrons. The van der Waals surface area contributed by atoms with Gasteiger partial charge in [0.05, 0.1) is 25.4 Å². The zero-order chi connectivity index (χ0) is 40.7. The first-order valence-corrected chi connectivity index (χ1v) is 22.7. The number of carbonyl (C=O) groups is 1. The summed E-state index contributed by atoms with van der Waals surface area (Å²) in [5.74, 6) is -0.714. The van der Waals surface area contributed by atoms with E-state index in [0.29, 0.717) is 12.8 Å². The molecule has 1 rings (SSSR count). The molecule has 0 aromatic heterocycles. The van der Waals surface area contributed by atoms with Gasteiger partial charge in [-0.2, -0.15) is 8.42 Å². The molecule has 0 aliphatic carbocycles. The Labute approximate surface area is 332 Å². The summed E-state index contributed by atoms with van der Waals surface area (Å²) < 4.78 is 47.3. The number of ether oxygens (including phenoxy) is 2. The molecular formula is C41H77NO12S. The van der Waals surface area contributed by atoms with E-state index in [-0.39, 0.29) is 6.42 Å². The van der Waals surface area contributed by atoms with Gasteiger partial charge < -0.3 is 40.3 Å². The number of aliphatic hydroxyl groups excluding tert-OH is 5. The summed E-state index contributed by atoms with van der Waals surface area (Å²) in [6.45, 7) is 3.15. The van der Waals surface area contributed by atoms with Gasteiger partial charge in [0.25, 0.3) is 0 Å². The second kappa shape index (κ2) is 32.5. The van der Waals surface area contributed by atoms with Gasteiger partial charge in [-0.25, -0.2) is 4.18 Å². The minimum Gasteiger partial charge on any atom is -0.394 e. The van der Waals surface area contributed by atoms with E-state index in [1.807, 2.05) is 0 Å². The molecule has 1 aliphatic rings. The Morgan fingerprint density at radius 1 is 0.727 bits per heavy atom. The lowest BCUT2D eigenvalue weighted by atomic mass is 9.99. The lowest BCUT2D eigenvalue weighted by Crippen LogP contribution is -2.61. The van der Waals surface area contributed by atoms with Crippen LogP contribution in [0, 0.1) is 0 Å². The molecule has 8 unspecified atom stereocenters. The van der Waals surface area contributed by atoms with Crippen LogP contribution in [0.5, 0.6) is 0 Å². The highest BCUT2D eigenvalue weighted by Crippen LogP contribution is 2.26. The fourth-order valence-electron chi connectivity index (χ4n) is 6.63. The molecule has 0 aromatic carbocycles. The molecule has 1 heterocycles. The number of rotatable bonds is 35. The van der Waals surface area contributed by atoms with Crippen molar-refractivity contribution in [1.82, 2.24) is 5.32 Å². The highest BCUT2D eigenvalue weighted by Gasteiger charge is 2.48. The van der Waals surface area contributed by atoms with Gasteiger partial charge in [0.1, 0.15) is 30.5 Å². The van der Waals surface area contributed by atoms with E-state index < -0.39 is 78.5 Å². The van der Waals surface area contributed by atoms with E-state index >= 15 is 0 Å². The molecule has 1 amide bonds. The van der Waals surface area contributed by atoms with Gasteiger partial charge in [0.15, 0.2) is 6.29 Å². The number of nitrogens with one attached hydrogen (secondary N) is 1. The third-order valence-electron chi connectivity index (χ3n) is 10.1. The summed E-state index contributed by atoms with van der Waals surface area (Å²) >= 11 is 0. The Kier molecular flexibility index (Phi) is 30.5. The first-order chi connectivity index (χ1) is 26.4. The summed E-state index contributed by atoms with van der Waals surface area (Å²) in [5, 5.41) is 54.9. The van der Waals surface area contributed by atoms with Crippen LogP contribution in [0.2, 0.25) is 0 Å². The Bertz CT molecular complexity index is 1110. The van der Waals surface area contributed by atoms with Crippen LogP contribution >= 0.6 is 0 Å². The van der Waals surface area contributed by atoms with E-state index in [9.17, 15) is 38.7 Å². The fourth-order valence-corrected chi connectivity index (χ4v) is 7.14. The molecule has 1 fully saturated rings. The van der Waals surface area contributed by atoms with Crippen molar-refractivity contribution >= 4 is 16.3 Å². The van der Waals surface area contributed by atoms with Gasteiger partial charge in [-0.05, 0) is 44.9 Å². The number of unbranched alkanes of at least 4 members (excludes halogenated alkanes) is 20. The second-order valence-corrected chi connectivity index (χ2v) is 16.1. The molecule has 13 nitrogen and oxygen atoms in total. The van der Waals surface area contributed by atoms with E-state index in [1.165, 1.54) is 89.5 Å². The summed E-state index contributed by atoms with van der Waals surface area (Å²) in [6, 6.07) is -1.12. The first-order valence-electron chi connectivity index (χ1n) is 21.3. The van der Waals surface area contributed by atoms with Crippen LogP contribution in [0.1, 0.15) is 168 Å². The van der Waals surface area contributed by atoms with E-state index in [2.05, 4.69) is 35.5 Å². The fraction of sp³-hybridized carbons (Fsp3) is 0.878. The summed E-state index contributed by atoms with van der Waals surface area (Å²) in [5.41, 5.74) is 0. The van der Waals surface area contributed by atoms with Gasteiger partial charge in [-0.1, -0.05) is 147 Å². The smallest absolute Gasteiger partial charge is 0.394 e. The first kappa shape index (κ1) is 51.6.